The maximum Gasteiger partial charge on any atom is 0.135 e. The molecule has 3 rings (SSSR count). The normalized spacial score (nSPS) is 15.4. The van der Waals surface area contributed by atoms with Crippen molar-refractivity contribution in [1.29, 1.82) is 0 Å². The highest BCUT2D eigenvalue weighted by atomic mass is 16.3. The molecule has 0 unspecified atom stereocenters. The summed E-state index contributed by atoms with van der Waals surface area (Å²) in [5.41, 5.74) is 8.43. The molecule has 0 bridgehead atoms. The van der Waals surface area contributed by atoms with Crippen molar-refractivity contribution >= 4 is 16.7 Å². The molecule has 18 heavy (non-hydrogen) atoms. The zero-order valence-corrected chi connectivity index (χ0v) is 10.5. The molecule has 96 valence electrons. The lowest BCUT2D eigenvalue weighted by molar-refractivity contribution is 0.265. The second-order valence-electron chi connectivity index (χ2n) is 5.17. The SMILES string of the molecule is Nc1ccc2c(c1)nc(CO)n2CCCC1CC1. The minimum atomic E-state index is -0.0159. The van der Waals surface area contributed by atoms with Gasteiger partial charge in [0, 0.05) is 12.2 Å². The number of fused-ring (bicyclic) bond motifs is 1. The van der Waals surface area contributed by atoms with E-state index in [1.54, 1.807) is 0 Å². The number of anilines is 1. The Labute approximate surface area is 106 Å². The van der Waals surface area contributed by atoms with Gasteiger partial charge in [-0.25, -0.2) is 4.98 Å². The van der Waals surface area contributed by atoms with Crippen molar-refractivity contribution in [1.82, 2.24) is 9.55 Å². The van der Waals surface area contributed by atoms with Crippen LogP contribution in [0.25, 0.3) is 11.0 Å². The molecule has 1 aliphatic carbocycles. The van der Waals surface area contributed by atoms with E-state index in [9.17, 15) is 5.11 Å². The smallest absolute Gasteiger partial charge is 0.135 e. The quantitative estimate of drug-likeness (QED) is 0.794. The first-order valence-electron chi connectivity index (χ1n) is 6.63. The first-order valence-corrected chi connectivity index (χ1v) is 6.63. The number of aliphatic hydroxyl groups excluding tert-OH is 1. The molecule has 1 aromatic carbocycles. The van der Waals surface area contributed by atoms with Crippen LogP contribution in [0.15, 0.2) is 18.2 Å². The predicted octanol–water partition coefficient (Wildman–Crippen LogP) is 2.30. The van der Waals surface area contributed by atoms with Gasteiger partial charge in [0.2, 0.25) is 0 Å². The van der Waals surface area contributed by atoms with Crippen LogP contribution in [0, 0.1) is 5.92 Å². The van der Waals surface area contributed by atoms with E-state index >= 15 is 0 Å². The lowest BCUT2D eigenvalue weighted by Crippen LogP contribution is -2.04. The molecule has 1 aliphatic rings. The van der Waals surface area contributed by atoms with Gasteiger partial charge in [-0.15, -0.1) is 0 Å². The molecule has 2 aromatic rings. The molecule has 1 aromatic heterocycles. The second-order valence-corrected chi connectivity index (χ2v) is 5.17. The Hall–Kier alpha value is -1.55. The number of nitrogens with two attached hydrogens (primary N) is 1. The summed E-state index contributed by atoms with van der Waals surface area (Å²) < 4.78 is 2.12. The summed E-state index contributed by atoms with van der Waals surface area (Å²) in [5.74, 6) is 1.69. The van der Waals surface area contributed by atoms with Crippen LogP contribution in [-0.4, -0.2) is 14.7 Å². The zero-order chi connectivity index (χ0) is 12.5. The number of hydrogen-bond acceptors (Lipinski definition) is 3. The molecule has 0 aliphatic heterocycles. The number of benzene rings is 1. The minimum absolute atomic E-state index is 0.0159. The number of aryl methyl sites for hydroxylation is 1. The van der Waals surface area contributed by atoms with Crippen LogP contribution < -0.4 is 5.73 Å². The summed E-state index contributed by atoms with van der Waals surface area (Å²) in [6, 6.07) is 5.75. The molecule has 4 nitrogen and oxygen atoms in total. The first kappa shape index (κ1) is 11.5. The Morgan fingerprint density at radius 1 is 1.39 bits per heavy atom. The summed E-state index contributed by atoms with van der Waals surface area (Å²) in [7, 11) is 0. The maximum absolute atomic E-state index is 9.40. The van der Waals surface area contributed by atoms with Crippen LogP contribution in [0.5, 0.6) is 0 Å². The van der Waals surface area contributed by atoms with Gasteiger partial charge < -0.3 is 15.4 Å². The number of nitrogens with zero attached hydrogens (tertiary/aromatic N) is 2. The number of hydrogen-bond donors (Lipinski definition) is 2. The fourth-order valence-electron chi connectivity index (χ4n) is 2.51. The van der Waals surface area contributed by atoms with Gasteiger partial charge in [0.1, 0.15) is 12.4 Å². The third kappa shape index (κ3) is 2.20. The molecule has 0 amide bonds. The average molecular weight is 245 g/mol. The Morgan fingerprint density at radius 2 is 2.22 bits per heavy atom. The molecule has 0 spiro atoms. The number of aromatic nitrogens is 2. The van der Waals surface area contributed by atoms with Gasteiger partial charge in [0.15, 0.2) is 0 Å². The molecule has 1 fully saturated rings. The topological polar surface area (TPSA) is 64.1 Å². The highest BCUT2D eigenvalue weighted by Crippen LogP contribution is 2.33. The van der Waals surface area contributed by atoms with Gasteiger partial charge in [-0.2, -0.15) is 0 Å². The largest absolute Gasteiger partial charge is 0.399 e. The van der Waals surface area contributed by atoms with Gasteiger partial charge in [-0.1, -0.05) is 12.8 Å². The van der Waals surface area contributed by atoms with E-state index in [4.69, 9.17) is 5.73 Å². The number of imidazole rings is 1. The van der Waals surface area contributed by atoms with Crippen molar-refractivity contribution < 1.29 is 5.11 Å². The third-order valence-electron chi connectivity index (χ3n) is 3.68. The molecule has 1 heterocycles. The van der Waals surface area contributed by atoms with Gasteiger partial charge in [0.05, 0.1) is 11.0 Å². The van der Waals surface area contributed by atoms with Gasteiger partial charge in [0.25, 0.3) is 0 Å². The second kappa shape index (κ2) is 4.61. The fourth-order valence-corrected chi connectivity index (χ4v) is 2.51. The highest BCUT2D eigenvalue weighted by molar-refractivity contribution is 5.79. The molecule has 0 radical (unpaired) electrons. The molecule has 4 heteroatoms. The van der Waals surface area contributed by atoms with Crippen LogP contribution in [-0.2, 0) is 13.2 Å². The fraction of sp³-hybridized carbons (Fsp3) is 0.500. The molecule has 1 saturated carbocycles. The van der Waals surface area contributed by atoms with Crippen LogP contribution in [0.2, 0.25) is 0 Å². The van der Waals surface area contributed by atoms with Crippen molar-refractivity contribution in [2.45, 2.75) is 38.8 Å². The molecule has 0 atom stereocenters. The van der Waals surface area contributed by atoms with Crippen LogP contribution in [0.3, 0.4) is 0 Å². The summed E-state index contributed by atoms with van der Waals surface area (Å²) in [6.07, 6.45) is 5.25. The number of rotatable bonds is 5. The van der Waals surface area contributed by atoms with E-state index < -0.39 is 0 Å². The van der Waals surface area contributed by atoms with Crippen molar-refractivity contribution in [2.24, 2.45) is 5.92 Å². The highest BCUT2D eigenvalue weighted by Gasteiger charge is 2.20. The van der Waals surface area contributed by atoms with E-state index in [1.807, 2.05) is 18.2 Å². The Balaban J connectivity index is 1.86. The monoisotopic (exact) mass is 245 g/mol. The van der Waals surface area contributed by atoms with Crippen LogP contribution >= 0.6 is 0 Å². The molecular weight excluding hydrogens is 226 g/mol. The Bertz CT molecular complexity index is 557. The lowest BCUT2D eigenvalue weighted by Gasteiger charge is -2.07. The molecular formula is C14H19N3O. The average Bonchev–Trinajstić information content (AvgIpc) is 3.11. The van der Waals surface area contributed by atoms with Gasteiger partial charge in [-0.3, -0.25) is 0 Å². The van der Waals surface area contributed by atoms with Crippen molar-refractivity contribution in [3.63, 3.8) is 0 Å². The summed E-state index contributed by atoms with van der Waals surface area (Å²) in [5, 5.41) is 9.40. The minimum Gasteiger partial charge on any atom is -0.399 e. The zero-order valence-electron chi connectivity index (χ0n) is 10.5. The Morgan fingerprint density at radius 3 is 2.94 bits per heavy atom. The van der Waals surface area contributed by atoms with E-state index in [2.05, 4.69) is 9.55 Å². The molecule has 0 saturated heterocycles. The van der Waals surface area contributed by atoms with E-state index in [0.29, 0.717) is 0 Å². The Kier molecular flexibility index (Phi) is 2.96. The molecule has 3 N–H and O–H groups in total. The number of nitrogen functional groups attached to an aromatic ring is 1. The maximum atomic E-state index is 9.40. The summed E-state index contributed by atoms with van der Waals surface area (Å²) >= 11 is 0. The standard InChI is InChI=1S/C14H19N3O/c15-11-5-6-13-12(8-11)16-14(9-18)17(13)7-1-2-10-3-4-10/h5-6,8,10,18H,1-4,7,9,15H2. The predicted molar refractivity (Wildman–Crippen MR) is 72.0 cm³/mol. The summed E-state index contributed by atoms with van der Waals surface area (Å²) in [4.78, 5) is 4.44. The van der Waals surface area contributed by atoms with E-state index in [1.165, 1.54) is 19.3 Å². The first-order chi connectivity index (χ1) is 8.78. The van der Waals surface area contributed by atoms with E-state index in [-0.39, 0.29) is 6.61 Å². The van der Waals surface area contributed by atoms with Crippen molar-refractivity contribution in [3.8, 4) is 0 Å². The lowest BCUT2D eigenvalue weighted by atomic mass is 10.2. The van der Waals surface area contributed by atoms with E-state index in [0.717, 1.165) is 41.4 Å². The third-order valence-corrected chi connectivity index (χ3v) is 3.68. The summed E-state index contributed by atoms with van der Waals surface area (Å²) in [6.45, 7) is 0.921. The van der Waals surface area contributed by atoms with Crippen molar-refractivity contribution in [2.75, 3.05) is 5.73 Å². The van der Waals surface area contributed by atoms with Crippen LogP contribution in [0.1, 0.15) is 31.5 Å². The van der Waals surface area contributed by atoms with Gasteiger partial charge >= 0.3 is 0 Å². The number of aliphatic hydroxyl groups is 1. The van der Waals surface area contributed by atoms with Crippen molar-refractivity contribution in [3.05, 3.63) is 24.0 Å². The van der Waals surface area contributed by atoms with Gasteiger partial charge in [-0.05, 0) is 37.0 Å². The van der Waals surface area contributed by atoms with Crippen LogP contribution in [0.4, 0.5) is 5.69 Å².